The van der Waals surface area contributed by atoms with Crippen LogP contribution in [0.5, 0.6) is 0 Å². The Kier molecular flexibility index (Phi) is 4.03. The summed E-state index contributed by atoms with van der Waals surface area (Å²) in [5.74, 6) is 0.714. The van der Waals surface area contributed by atoms with Gasteiger partial charge >= 0.3 is 0 Å². The molecule has 6 heteroatoms. The van der Waals surface area contributed by atoms with Gasteiger partial charge in [0, 0.05) is 18.7 Å². The van der Waals surface area contributed by atoms with Crippen LogP contribution in [0.1, 0.15) is 12.3 Å². The van der Waals surface area contributed by atoms with Crippen LogP contribution in [0.2, 0.25) is 0 Å². The Bertz CT molecular complexity index is 564. The van der Waals surface area contributed by atoms with Gasteiger partial charge < -0.3 is 9.84 Å². The lowest BCUT2D eigenvalue weighted by molar-refractivity contribution is 0.239. The lowest BCUT2D eigenvalue weighted by Crippen LogP contribution is -2.27. The molecular formula is C14H17FN4O. The smallest absolute Gasteiger partial charge is 0.241 e. The standard InChI is InChI=1S/C14H17FN4O/c15-12-4-1-3-11(9-12)14-17-13(20-18-14)10-19-7-2-5-16-6-8-19/h1,3-4,9,16H,2,5-8,10H2. The zero-order chi connectivity index (χ0) is 13.8. The van der Waals surface area contributed by atoms with E-state index in [9.17, 15) is 4.39 Å². The molecule has 1 aromatic heterocycles. The molecule has 0 aliphatic carbocycles. The lowest BCUT2D eigenvalue weighted by atomic mass is 10.2. The Morgan fingerprint density at radius 2 is 2.25 bits per heavy atom. The van der Waals surface area contributed by atoms with Crippen molar-refractivity contribution >= 4 is 0 Å². The number of nitrogens with one attached hydrogen (secondary N) is 1. The third-order valence-electron chi connectivity index (χ3n) is 3.34. The summed E-state index contributed by atoms with van der Waals surface area (Å²) in [6.45, 7) is 4.66. The van der Waals surface area contributed by atoms with Gasteiger partial charge in [-0.05, 0) is 31.6 Å². The lowest BCUT2D eigenvalue weighted by Gasteiger charge is -2.16. The fourth-order valence-electron chi connectivity index (χ4n) is 2.31. The molecule has 0 atom stereocenters. The maximum absolute atomic E-state index is 13.2. The van der Waals surface area contributed by atoms with Crippen molar-refractivity contribution in [1.29, 1.82) is 0 Å². The first kappa shape index (κ1) is 13.2. The minimum absolute atomic E-state index is 0.299. The highest BCUT2D eigenvalue weighted by atomic mass is 19.1. The zero-order valence-corrected chi connectivity index (χ0v) is 11.2. The molecule has 0 saturated carbocycles. The monoisotopic (exact) mass is 276 g/mol. The fraction of sp³-hybridized carbons (Fsp3) is 0.429. The van der Waals surface area contributed by atoms with Gasteiger partial charge in [-0.1, -0.05) is 17.3 Å². The Morgan fingerprint density at radius 1 is 1.30 bits per heavy atom. The van der Waals surface area contributed by atoms with Crippen molar-refractivity contribution in [2.75, 3.05) is 26.2 Å². The highest BCUT2D eigenvalue weighted by molar-refractivity contribution is 5.53. The van der Waals surface area contributed by atoms with Crippen LogP contribution < -0.4 is 5.32 Å². The van der Waals surface area contributed by atoms with E-state index in [-0.39, 0.29) is 5.82 Å². The van der Waals surface area contributed by atoms with E-state index < -0.39 is 0 Å². The Labute approximate surface area is 116 Å². The summed E-state index contributed by atoms with van der Waals surface area (Å²) in [5.41, 5.74) is 0.637. The van der Waals surface area contributed by atoms with E-state index in [0.29, 0.717) is 23.8 Å². The maximum Gasteiger partial charge on any atom is 0.241 e. The van der Waals surface area contributed by atoms with Gasteiger partial charge in [0.05, 0.1) is 6.54 Å². The molecule has 1 aliphatic rings. The van der Waals surface area contributed by atoms with Gasteiger partial charge in [0.25, 0.3) is 0 Å². The second-order valence-corrected chi connectivity index (χ2v) is 4.90. The number of halogens is 1. The molecule has 0 radical (unpaired) electrons. The van der Waals surface area contributed by atoms with E-state index in [1.54, 1.807) is 12.1 Å². The van der Waals surface area contributed by atoms with Crippen molar-refractivity contribution in [2.45, 2.75) is 13.0 Å². The highest BCUT2D eigenvalue weighted by Gasteiger charge is 2.14. The van der Waals surface area contributed by atoms with Crippen LogP contribution in [-0.2, 0) is 6.54 Å². The van der Waals surface area contributed by atoms with Crippen molar-refractivity contribution in [2.24, 2.45) is 0 Å². The van der Waals surface area contributed by atoms with Crippen LogP contribution in [0.15, 0.2) is 28.8 Å². The Balaban J connectivity index is 1.70. The van der Waals surface area contributed by atoms with E-state index in [1.807, 2.05) is 0 Å². The largest absolute Gasteiger partial charge is 0.338 e. The number of benzene rings is 1. The van der Waals surface area contributed by atoms with Crippen LogP contribution in [-0.4, -0.2) is 41.2 Å². The summed E-state index contributed by atoms with van der Waals surface area (Å²) in [6, 6.07) is 6.22. The second kappa shape index (κ2) is 6.11. The van der Waals surface area contributed by atoms with Crippen molar-refractivity contribution in [3.63, 3.8) is 0 Å². The van der Waals surface area contributed by atoms with Gasteiger partial charge in [0.1, 0.15) is 5.82 Å². The number of hydrogen-bond donors (Lipinski definition) is 1. The van der Waals surface area contributed by atoms with Crippen LogP contribution in [0.25, 0.3) is 11.4 Å². The highest BCUT2D eigenvalue weighted by Crippen LogP contribution is 2.17. The molecule has 0 unspecified atom stereocenters. The van der Waals surface area contributed by atoms with Gasteiger partial charge in [0.2, 0.25) is 11.7 Å². The summed E-state index contributed by atoms with van der Waals surface area (Å²) in [4.78, 5) is 6.62. The molecule has 1 aromatic carbocycles. The number of hydrogen-bond acceptors (Lipinski definition) is 5. The summed E-state index contributed by atoms with van der Waals surface area (Å²) in [7, 11) is 0. The average Bonchev–Trinajstić information content (AvgIpc) is 2.75. The van der Waals surface area contributed by atoms with E-state index in [0.717, 1.165) is 32.6 Å². The molecule has 1 fully saturated rings. The first-order valence-electron chi connectivity index (χ1n) is 6.83. The molecule has 0 amide bonds. The topological polar surface area (TPSA) is 54.2 Å². The Morgan fingerprint density at radius 3 is 3.15 bits per heavy atom. The van der Waals surface area contributed by atoms with Crippen molar-refractivity contribution in [1.82, 2.24) is 20.4 Å². The third kappa shape index (κ3) is 3.20. The van der Waals surface area contributed by atoms with E-state index in [4.69, 9.17) is 4.52 Å². The molecule has 3 rings (SSSR count). The minimum atomic E-state index is -0.299. The quantitative estimate of drug-likeness (QED) is 0.924. The zero-order valence-electron chi connectivity index (χ0n) is 11.2. The van der Waals surface area contributed by atoms with Gasteiger partial charge in [-0.3, -0.25) is 4.90 Å². The molecule has 5 nitrogen and oxygen atoms in total. The molecule has 1 aliphatic heterocycles. The first-order valence-corrected chi connectivity index (χ1v) is 6.83. The number of aromatic nitrogens is 2. The van der Waals surface area contributed by atoms with Gasteiger partial charge in [-0.15, -0.1) is 0 Å². The van der Waals surface area contributed by atoms with Crippen LogP contribution in [0.3, 0.4) is 0 Å². The van der Waals surface area contributed by atoms with E-state index in [1.165, 1.54) is 12.1 Å². The summed E-state index contributed by atoms with van der Waals surface area (Å²) >= 11 is 0. The third-order valence-corrected chi connectivity index (χ3v) is 3.34. The normalized spacial score (nSPS) is 17.1. The predicted molar refractivity (Wildman–Crippen MR) is 72.5 cm³/mol. The molecule has 2 heterocycles. The van der Waals surface area contributed by atoms with Crippen LogP contribution >= 0.6 is 0 Å². The molecular weight excluding hydrogens is 259 g/mol. The summed E-state index contributed by atoms with van der Waals surface area (Å²) in [5, 5.41) is 7.27. The molecule has 20 heavy (non-hydrogen) atoms. The molecule has 1 N–H and O–H groups in total. The van der Waals surface area contributed by atoms with Crippen LogP contribution in [0.4, 0.5) is 4.39 Å². The van der Waals surface area contributed by atoms with Crippen molar-refractivity contribution < 1.29 is 8.91 Å². The molecule has 0 spiro atoms. The van der Waals surface area contributed by atoms with Gasteiger partial charge in [-0.2, -0.15) is 4.98 Å². The fourth-order valence-corrected chi connectivity index (χ4v) is 2.31. The van der Waals surface area contributed by atoms with Gasteiger partial charge in [0.15, 0.2) is 0 Å². The van der Waals surface area contributed by atoms with Crippen molar-refractivity contribution in [3.05, 3.63) is 36.0 Å². The number of rotatable bonds is 3. The predicted octanol–water partition coefficient (Wildman–Crippen LogP) is 1.67. The van der Waals surface area contributed by atoms with Gasteiger partial charge in [-0.25, -0.2) is 4.39 Å². The summed E-state index contributed by atoms with van der Waals surface area (Å²) < 4.78 is 18.4. The Hall–Kier alpha value is -1.79. The second-order valence-electron chi connectivity index (χ2n) is 4.90. The molecule has 106 valence electrons. The molecule has 1 saturated heterocycles. The molecule has 0 bridgehead atoms. The van der Waals surface area contributed by atoms with E-state index >= 15 is 0 Å². The average molecular weight is 276 g/mol. The SMILES string of the molecule is Fc1cccc(-c2noc(CN3CCCNCC3)n2)c1. The van der Waals surface area contributed by atoms with Crippen molar-refractivity contribution in [3.8, 4) is 11.4 Å². The summed E-state index contributed by atoms with van der Waals surface area (Å²) in [6.07, 6.45) is 1.12. The number of nitrogens with zero attached hydrogens (tertiary/aromatic N) is 3. The molecule has 2 aromatic rings. The maximum atomic E-state index is 13.2. The van der Waals surface area contributed by atoms with E-state index in [2.05, 4.69) is 20.4 Å². The first-order chi connectivity index (χ1) is 9.81. The minimum Gasteiger partial charge on any atom is -0.338 e. The van der Waals surface area contributed by atoms with Crippen LogP contribution in [0, 0.1) is 5.82 Å².